The van der Waals surface area contributed by atoms with Gasteiger partial charge in [-0.05, 0) is 75.0 Å². The second-order valence-electron chi connectivity index (χ2n) is 10.2. The lowest BCUT2D eigenvalue weighted by Crippen LogP contribution is -2.11. The van der Waals surface area contributed by atoms with Crippen molar-refractivity contribution in [2.45, 2.75) is 0 Å². The highest BCUT2D eigenvalue weighted by Crippen LogP contribution is 2.42. The third kappa shape index (κ3) is 4.90. The van der Waals surface area contributed by atoms with E-state index >= 15 is 0 Å². The number of hydrogen-bond acceptors (Lipinski definition) is 1. The molecule has 1 heteroatoms. The highest BCUT2D eigenvalue weighted by Gasteiger charge is 2.17. The summed E-state index contributed by atoms with van der Waals surface area (Å²) in [6.07, 6.45) is 0. The molecule has 0 aliphatic rings. The Bertz CT molecular complexity index is 1920. The number of hydrogen-bond donors (Lipinski definition) is 0. The van der Waals surface area contributed by atoms with Crippen LogP contribution in [0.25, 0.3) is 44.2 Å². The largest absolute Gasteiger partial charge is 0.310 e. The fraction of sp³-hybridized carbons (Fsp3) is 0. The van der Waals surface area contributed by atoms with E-state index in [0.29, 0.717) is 0 Å². The maximum atomic E-state index is 2.36. The zero-order valence-corrected chi connectivity index (χ0v) is 22.7. The molecular weight excluding hydrogens is 494 g/mol. The first-order chi connectivity index (χ1) is 20.3. The molecule has 0 aliphatic heterocycles. The fourth-order valence-corrected chi connectivity index (χ4v) is 5.68. The first-order valence-electron chi connectivity index (χ1n) is 14.0. The van der Waals surface area contributed by atoms with E-state index in [1.165, 1.54) is 44.2 Å². The maximum absolute atomic E-state index is 2.36. The van der Waals surface area contributed by atoms with Gasteiger partial charge in [0.05, 0.1) is 5.69 Å². The molecule has 0 amide bonds. The number of para-hydroxylation sites is 2. The van der Waals surface area contributed by atoms with Crippen LogP contribution in [0.3, 0.4) is 0 Å². The Kier molecular flexibility index (Phi) is 6.61. The van der Waals surface area contributed by atoms with Gasteiger partial charge in [0, 0.05) is 16.9 Å². The predicted molar refractivity (Wildman–Crippen MR) is 175 cm³/mol. The molecule has 0 saturated heterocycles. The van der Waals surface area contributed by atoms with Crippen LogP contribution in [-0.2, 0) is 0 Å². The Labute approximate surface area is 241 Å². The van der Waals surface area contributed by atoms with E-state index in [0.717, 1.165) is 17.1 Å². The standard InChI is InChI=1S/C40H29N/c1-3-13-30(14-4-1)33-17-11-18-34(29-33)39-22-9-10-24-40(39)41(35-19-5-2-6-20-35)36-27-25-32(26-28-36)38-23-12-16-31-15-7-8-21-37(31)38/h1-29H. The molecule has 194 valence electrons. The lowest BCUT2D eigenvalue weighted by Gasteiger charge is -2.28. The van der Waals surface area contributed by atoms with Gasteiger partial charge in [-0.3, -0.25) is 0 Å². The Morgan fingerprint density at radius 1 is 0.317 bits per heavy atom. The molecule has 0 fully saturated rings. The van der Waals surface area contributed by atoms with Crippen LogP contribution in [0.4, 0.5) is 17.1 Å². The first-order valence-corrected chi connectivity index (χ1v) is 14.0. The van der Waals surface area contributed by atoms with Crippen LogP contribution >= 0.6 is 0 Å². The third-order valence-corrected chi connectivity index (χ3v) is 7.67. The quantitative estimate of drug-likeness (QED) is 0.209. The van der Waals surface area contributed by atoms with Gasteiger partial charge in [0.15, 0.2) is 0 Å². The van der Waals surface area contributed by atoms with Crippen LogP contribution < -0.4 is 4.90 Å². The molecule has 0 bridgehead atoms. The first kappa shape index (κ1) is 24.6. The van der Waals surface area contributed by atoms with Gasteiger partial charge in [0.1, 0.15) is 0 Å². The van der Waals surface area contributed by atoms with Gasteiger partial charge < -0.3 is 4.90 Å². The molecule has 0 unspecified atom stereocenters. The number of rotatable bonds is 6. The minimum atomic E-state index is 1.12. The Hall–Kier alpha value is -5.40. The molecule has 0 atom stereocenters. The minimum Gasteiger partial charge on any atom is -0.310 e. The summed E-state index contributed by atoms with van der Waals surface area (Å²) >= 11 is 0. The Morgan fingerprint density at radius 2 is 0.878 bits per heavy atom. The van der Waals surface area contributed by atoms with Crippen LogP contribution in [0, 0.1) is 0 Å². The van der Waals surface area contributed by atoms with Crippen molar-refractivity contribution in [2.75, 3.05) is 4.90 Å². The maximum Gasteiger partial charge on any atom is 0.0540 e. The van der Waals surface area contributed by atoms with Crippen molar-refractivity contribution >= 4 is 27.8 Å². The summed E-state index contributed by atoms with van der Waals surface area (Å²) in [4.78, 5) is 2.36. The highest BCUT2D eigenvalue weighted by molar-refractivity contribution is 5.97. The van der Waals surface area contributed by atoms with Crippen molar-refractivity contribution in [3.8, 4) is 33.4 Å². The van der Waals surface area contributed by atoms with Crippen molar-refractivity contribution in [3.63, 3.8) is 0 Å². The van der Waals surface area contributed by atoms with Gasteiger partial charge in [-0.15, -0.1) is 0 Å². The zero-order valence-electron chi connectivity index (χ0n) is 22.7. The monoisotopic (exact) mass is 523 g/mol. The van der Waals surface area contributed by atoms with Gasteiger partial charge in [-0.25, -0.2) is 0 Å². The van der Waals surface area contributed by atoms with Crippen molar-refractivity contribution in [1.29, 1.82) is 0 Å². The Balaban J connectivity index is 1.34. The Morgan fingerprint density at radius 3 is 1.71 bits per heavy atom. The molecule has 0 spiro atoms. The van der Waals surface area contributed by atoms with E-state index in [2.05, 4.69) is 181 Å². The second-order valence-corrected chi connectivity index (χ2v) is 10.2. The van der Waals surface area contributed by atoms with Gasteiger partial charge in [0.2, 0.25) is 0 Å². The minimum absolute atomic E-state index is 1.12. The van der Waals surface area contributed by atoms with Crippen LogP contribution in [0.1, 0.15) is 0 Å². The fourth-order valence-electron chi connectivity index (χ4n) is 5.68. The van der Waals surface area contributed by atoms with Crippen LogP contribution in [0.15, 0.2) is 176 Å². The van der Waals surface area contributed by atoms with E-state index in [4.69, 9.17) is 0 Å². The number of anilines is 3. The molecule has 0 saturated carbocycles. The molecule has 0 heterocycles. The van der Waals surface area contributed by atoms with Crippen molar-refractivity contribution in [3.05, 3.63) is 176 Å². The smallest absolute Gasteiger partial charge is 0.0540 e. The summed E-state index contributed by atoms with van der Waals surface area (Å²) in [7, 11) is 0. The van der Waals surface area contributed by atoms with E-state index in [-0.39, 0.29) is 0 Å². The van der Waals surface area contributed by atoms with E-state index < -0.39 is 0 Å². The molecule has 0 aromatic heterocycles. The van der Waals surface area contributed by atoms with Crippen LogP contribution in [-0.4, -0.2) is 0 Å². The normalized spacial score (nSPS) is 10.9. The van der Waals surface area contributed by atoms with E-state index in [1.54, 1.807) is 0 Å². The summed E-state index contributed by atoms with van der Waals surface area (Å²) < 4.78 is 0. The third-order valence-electron chi connectivity index (χ3n) is 7.67. The number of benzene rings is 7. The van der Waals surface area contributed by atoms with Crippen LogP contribution in [0.2, 0.25) is 0 Å². The molecule has 1 nitrogen and oxygen atoms in total. The summed E-state index contributed by atoms with van der Waals surface area (Å²) in [5, 5.41) is 2.53. The highest BCUT2D eigenvalue weighted by atomic mass is 15.1. The molecule has 41 heavy (non-hydrogen) atoms. The SMILES string of the molecule is c1ccc(-c2cccc(-c3ccccc3N(c3ccccc3)c3ccc(-c4cccc5ccccc45)cc3)c2)cc1. The van der Waals surface area contributed by atoms with E-state index in [1.807, 2.05) is 0 Å². The summed E-state index contributed by atoms with van der Waals surface area (Å²) in [5.41, 5.74) is 10.6. The van der Waals surface area contributed by atoms with Crippen molar-refractivity contribution < 1.29 is 0 Å². The molecular formula is C40H29N. The average Bonchev–Trinajstić information content (AvgIpc) is 3.06. The molecule has 7 aromatic rings. The molecule has 0 aliphatic carbocycles. The molecule has 7 aromatic carbocycles. The average molecular weight is 524 g/mol. The molecule has 0 N–H and O–H groups in total. The topological polar surface area (TPSA) is 3.24 Å². The second kappa shape index (κ2) is 11.0. The molecule has 7 rings (SSSR count). The number of nitrogens with zero attached hydrogens (tertiary/aromatic N) is 1. The summed E-state index contributed by atoms with van der Waals surface area (Å²) in [5.74, 6) is 0. The lowest BCUT2D eigenvalue weighted by molar-refractivity contribution is 1.28. The van der Waals surface area contributed by atoms with Gasteiger partial charge in [-0.2, -0.15) is 0 Å². The predicted octanol–water partition coefficient (Wildman–Crippen LogP) is 11.3. The zero-order chi connectivity index (χ0) is 27.4. The summed E-state index contributed by atoms with van der Waals surface area (Å²) in [6.45, 7) is 0. The van der Waals surface area contributed by atoms with Crippen molar-refractivity contribution in [2.24, 2.45) is 0 Å². The molecule has 0 radical (unpaired) electrons. The van der Waals surface area contributed by atoms with Gasteiger partial charge in [-0.1, -0.05) is 140 Å². The van der Waals surface area contributed by atoms with Gasteiger partial charge in [0.25, 0.3) is 0 Å². The van der Waals surface area contributed by atoms with Crippen molar-refractivity contribution in [1.82, 2.24) is 0 Å². The van der Waals surface area contributed by atoms with E-state index in [9.17, 15) is 0 Å². The lowest BCUT2D eigenvalue weighted by atomic mass is 9.96. The van der Waals surface area contributed by atoms with Crippen LogP contribution in [0.5, 0.6) is 0 Å². The van der Waals surface area contributed by atoms with Gasteiger partial charge >= 0.3 is 0 Å². The number of fused-ring (bicyclic) bond motifs is 1. The summed E-state index contributed by atoms with van der Waals surface area (Å²) in [6, 6.07) is 62.8.